The number of aromatic nitrogens is 1. The molecule has 23 heavy (non-hydrogen) atoms. The molecule has 1 aliphatic rings. The summed E-state index contributed by atoms with van der Waals surface area (Å²) < 4.78 is 5.69. The molecule has 1 unspecified atom stereocenters. The van der Waals surface area contributed by atoms with Crippen LogP contribution in [0.1, 0.15) is 50.4 Å². The lowest BCUT2D eigenvalue weighted by molar-refractivity contribution is 0.0788. The van der Waals surface area contributed by atoms with Crippen LogP contribution in [0.3, 0.4) is 0 Å². The van der Waals surface area contributed by atoms with E-state index in [1.807, 2.05) is 45.2 Å². The maximum absolute atomic E-state index is 12.6. The maximum atomic E-state index is 12.6. The SMILES string of the molecule is Cc1cc(C)nc(CN(C)C(=O)c2ccc(C3CCCO3)s2)c1. The summed E-state index contributed by atoms with van der Waals surface area (Å²) in [6, 6.07) is 8.01. The molecular formula is C18H22N2O2S. The van der Waals surface area contributed by atoms with E-state index in [1.54, 1.807) is 16.2 Å². The van der Waals surface area contributed by atoms with E-state index in [-0.39, 0.29) is 12.0 Å². The normalized spacial score (nSPS) is 17.4. The molecule has 0 bridgehead atoms. The summed E-state index contributed by atoms with van der Waals surface area (Å²) in [5, 5.41) is 0. The van der Waals surface area contributed by atoms with E-state index in [4.69, 9.17) is 4.74 Å². The van der Waals surface area contributed by atoms with Gasteiger partial charge in [-0.2, -0.15) is 0 Å². The van der Waals surface area contributed by atoms with Crippen molar-refractivity contribution in [1.82, 2.24) is 9.88 Å². The van der Waals surface area contributed by atoms with Gasteiger partial charge in [-0.1, -0.05) is 0 Å². The summed E-state index contributed by atoms with van der Waals surface area (Å²) in [6.45, 7) is 5.37. The Morgan fingerprint density at radius 2 is 2.22 bits per heavy atom. The van der Waals surface area contributed by atoms with Crippen LogP contribution in [0.4, 0.5) is 0 Å². The van der Waals surface area contributed by atoms with E-state index in [2.05, 4.69) is 4.98 Å². The summed E-state index contributed by atoms with van der Waals surface area (Å²) in [5.74, 6) is 0.0419. The van der Waals surface area contributed by atoms with Gasteiger partial charge in [0.2, 0.25) is 0 Å². The number of ether oxygens (including phenoxy) is 1. The third kappa shape index (κ3) is 3.79. The van der Waals surface area contributed by atoms with Crippen molar-refractivity contribution in [1.29, 1.82) is 0 Å². The van der Waals surface area contributed by atoms with Gasteiger partial charge in [-0.25, -0.2) is 0 Å². The number of hydrogen-bond acceptors (Lipinski definition) is 4. The second-order valence-electron chi connectivity index (χ2n) is 6.14. The van der Waals surface area contributed by atoms with Gasteiger partial charge in [-0.15, -0.1) is 11.3 Å². The number of carbonyl (C=O) groups excluding carboxylic acids is 1. The minimum atomic E-state index is 0.0419. The molecule has 1 aliphatic heterocycles. The second-order valence-corrected chi connectivity index (χ2v) is 7.26. The van der Waals surface area contributed by atoms with Crippen molar-refractivity contribution in [2.24, 2.45) is 0 Å². The topological polar surface area (TPSA) is 42.4 Å². The number of hydrogen-bond donors (Lipinski definition) is 0. The highest BCUT2D eigenvalue weighted by Crippen LogP contribution is 2.33. The number of aryl methyl sites for hydroxylation is 2. The van der Waals surface area contributed by atoms with Crippen LogP contribution in [0.15, 0.2) is 24.3 Å². The number of amides is 1. The summed E-state index contributed by atoms with van der Waals surface area (Å²) in [7, 11) is 1.83. The Morgan fingerprint density at radius 1 is 1.39 bits per heavy atom. The first-order valence-electron chi connectivity index (χ1n) is 7.94. The molecule has 3 heterocycles. The van der Waals surface area contributed by atoms with E-state index in [0.717, 1.165) is 40.6 Å². The molecule has 3 rings (SSSR count). The highest BCUT2D eigenvalue weighted by atomic mass is 32.1. The third-order valence-electron chi connectivity index (χ3n) is 3.98. The Balaban J connectivity index is 1.69. The molecule has 0 aromatic carbocycles. The largest absolute Gasteiger partial charge is 0.373 e. The van der Waals surface area contributed by atoms with Crippen molar-refractivity contribution in [2.75, 3.05) is 13.7 Å². The van der Waals surface area contributed by atoms with Crippen LogP contribution >= 0.6 is 11.3 Å². The lowest BCUT2D eigenvalue weighted by atomic mass is 10.2. The zero-order chi connectivity index (χ0) is 16.4. The monoisotopic (exact) mass is 330 g/mol. The molecule has 0 spiro atoms. The first-order chi connectivity index (χ1) is 11.0. The Labute approximate surface area is 141 Å². The smallest absolute Gasteiger partial charge is 0.264 e. The molecule has 0 aliphatic carbocycles. The number of rotatable bonds is 4. The Hall–Kier alpha value is -1.72. The lowest BCUT2D eigenvalue weighted by Gasteiger charge is -2.16. The highest BCUT2D eigenvalue weighted by Gasteiger charge is 2.22. The van der Waals surface area contributed by atoms with E-state index in [0.29, 0.717) is 6.54 Å². The Morgan fingerprint density at radius 3 is 2.91 bits per heavy atom. The molecular weight excluding hydrogens is 308 g/mol. The summed E-state index contributed by atoms with van der Waals surface area (Å²) in [6.07, 6.45) is 2.33. The summed E-state index contributed by atoms with van der Waals surface area (Å²) in [4.78, 5) is 20.8. The number of pyridine rings is 1. The van der Waals surface area contributed by atoms with Gasteiger partial charge in [0, 0.05) is 24.2 Å². The number of thiophene rings is 1. The quantitative estimate of drug-likeness (QED) is 0.854. The standard InChI is InChI=1S/C18H22N2O2S/c1-12-9-13(2)19-14(10-12)11-20(3)18(21)17-7-6-16(23-17)15-5-4-8-22-15/h6-7,9-10,15H,4-5,8,11H2,1-3H3. The molecule has 1 saturated heterocycles. The predicted octanol–water partition coefficient (Wildman–Crippen LogP) is 3.88. The van der Waals surface area contributed by atoms with Crippen molar-refractivity contribution in [3.8, 4) is 0 Å². The van der Waals surface area contributed by atoms with Gasteiger partial charge in [0.25, 0.3) is 5.91 Å². The van der Waals surface area contributed by atoms with Crippen molar-refractivity contribution in [3.05, 3.63) is 51.0 Å². The van der Waals surface area contributed by atoms with Crippen molar-refractivity contribution in [3.63, 3.8) is 0 Å². The molecule has 0 N–H and O–H groups in total. The molecule has 1 fully saturated rings. The van der Waals surface area contributed by atoms with Crippen LogP contribution in [0.25, 0.3) is 0 Å². The first kappa shape index (κ1) is 16.1. The van der Waals surface area contributed by atoms with Crippen molar-refractivity contribution < 1.29 is 9.53 Å². The van der Waals surface area contributed by atoms with Gasteiger partial charge in [-0.05, 0) is 56.5 Å². The van der Waals surface area contributed by atoms with E-state index < -0.39 is 0 Å². The van der Waals surface area contributed by atoms with Crippen LogP contribution in [-0.4, -0.2) is 29.4 Å². The van der Waals surface area contributed by atoms with Gasteiger partial charge in [0.05, 0.1) is 23.2 Å². The fourth-order valence-electron chi connectivity index (χ4n) is 2.95. The molecule has 2 aromatic rings. The molecule has 1 atom stereocenters. The van der Waals surface area contributed by atoms with Crippen LogP contribution in [0, 0.1) is 13.8 Å². The summed E-state index contributed by atoms with van der Waals surface area (Å²) in [5.41, 5.74) is 3.08. The average molecular weight is 330 g/mol. The Kier molecular flexibility index (Phi) is 4.78. The van der Waals surface area contributed by atoms with Gasteiger partial charge in [0.15, 0.2) is 0 Å². The fourth-order valence-corrected chi connectivity index (χ4v) is 4.04. The van der Waals surface area contributed by atoms with Crippen LogP contribution in [0.2, 0.25) is 0 Å². The second kappa shape index (κ2) is 6.81. The zero-order valence-corrected chi connectivity index (χ0v) is 14.7. The van der Waals surface area contributed by atoms with Crippen molar-refractivity contribution >= 4 is 17.2 Å². The summed E-state index contributed by atoms with van der Waals surface area (Å²) >= 11 is 1.55. The maximum Gasteiger partial charge on any atom is 0.264 e. The van der Waals surface area contributed by atoms with Gasteiger partial charge in [0.1, 0.15) is 0 Å². The predicted molar refractivity (Wildman–Crippen MR) is 91.8 cm³/mol. The zero-order valence-electron chi connectivity index (χ0n) is 13.8. The first-order valence-corrected chi connectivity index (χ1v) is 8.75. The molecule has 1 amide bonds. The minimum Gasteiger partial charge on any atom is -0.373 e. The average Bonchev–Trinajstić information content (AvgIpc) is 3.16. The molecule has 0 radical (unpaired) electrons. The van der Waals surface area contributed by atoms with E-state index in [9.17, 15) is 4.79 Å². The van der Waals surface area contributed by atoms with Crippen LogP contribution in [-0.2, 0) is 11.3 Å². The van der Waals surface area contributed by atoms with Gasteiger partial charge >= 0.3 is 0 Å². The fraction of sp³-hybridized carbons (Fsp3) is 0.444. The minimum absolute atomic E-state index is 0.0419. The van der Waals surface area contributed by atoms with Gasteiger partial charge < -0.3 is 9.64 Å². The Bertz CT molecular complexity index is 685. The van der Waals surface area contributed by atoms with Crippen LogP contribution < -0.4 is 0 Å². The highest BCUT2D eigenvalue weighted by molar-refractivity contribution is 7.14. The van der Waals surface area contributed by atoms with Crippen LogP contribution in [0.5, 0.6) is 0 Å². The van der Waals surface area contributed by atoms with E-state index in [1.165, 1.54) is 5.56 Å². The molecule has 2 aromatic heterocycles. The molecule has 5 heteroatoms. The molecule has 122 valence electrons. The van der Waals surface area contributed by atoms with E-state index >= 15 is 0 Å². The van der Waals surface area contributed by atoms with Crippen molar-refractivity contribution in [2.45, 2.75) is 39.3 Å². The number of carbonyl (C=O) groups is 1. The molecule has 4 nitrogen and oxygen atoms in total. The lowest BCUT2D eigenvalue weighted by Crippen LogP contribution is -2.26. The molecule has 0 saturated carbocycles. The van der Waals surface area contributed by atoms with Gasteiger partial charge in [-0.3, -0.25) is 9.78 Å². The third-order valence-corrected chi connectivity index (χ3v) is 5.15. The number of nitrogens with zero attached hydrogens (tertiary/aromatic N) is 2.